The van der Waals surface area contributed by atoms with Crippen LogP contribution in [-0.2, 0) is 19.1 Å². The van der Waals surface area contributed by atoms with Crippen molar-refractivity contribution in [1.29, 1.82) is 0 Å². The molecular formula is C17H20Cl2N2O4S. The van der Waals surface area contributed by atoms with Gasteiger partial charge in [-0.15, -0.1) is 0 Å². The lowest BCUT2D eigenvalue weighted by Crippen LogP contribution is -2.36. The first-order chi connectivity index (χ1) is 12.1. The fourth-order valence-electron chi connectivity index (χ4n) is 1.90. The van der Waals surface area contributed by atoms with E-state index in [2.05, 4.69) is 12.2 Å². The first kappa shape index (κ1) is 22.4. The highest BCUT2D eigenvalue weighted by Gasteiger charge is 2.26. The molecule has 0 fully saturated rings. The molecule has 1 aromatic carbocycles. The predicted octanol–water partition coefficient (Wildman–Crippen LogP) is 2.95. The monoisotopic (exact) mass is 418 g/mol. The van der Waals surface area contributed by atoms with Gasteiger partial charge >= 0.3 is 11.9 Å². The number of hydrogen-bond donors (Lipinski definition) is 2. The van der Waals surface area contributed by atoms with E-state index in [1.165, 1.54) is 0 Å². The molecule has 9 heteroatoms. The van der Waals surface area contributed by atoms with Crippen molar-refractivity contribution in [1.82, 2.24) is 0 Å². The van der Waals surface area contributed by atoms with Gasteiger partial charge in [0.15, 0.2) is 0 Å². The van der Waals surface area contributed by atoms with Gasteiger partial charge in [-0.1, -0.05) is 55.3 Å². The first-order valence-corrected chi connectivity index (χ1v) is 8.82. The Balaban J connectivity index is 2.89. The van der Waals surface area contributed by atoms with Crippen LogP contribution in [0.1, 0.15) is 25.5 Å². The van der Waals surface area contributed by atoms with Crippen molar-refractivity contribution in [2.45, 2.75) is 26.0 Å². The van der Waals surface area contributed by atoms with Crippen LogP contribution in [0, 0.1) is 5.92 Å². The molecule has 26 heavy (non-hydrogen) atoms. The van der Waals surface area contributed by atoms with Gasteiger partial charge in [0.1, 0.15) is 17.7 Å². The van der Waals surface area contributed by atoms with E-state index in [0.29, 0.717) is 15.6 Å². The molecular weight excluding hydrogens is 399 g/mol. The molecule has 4 N–H and O–H groups in total. The van der Waals surface area contributed by atoms with Gasteiger partial charge in [0.2, 0.25) is 0 Å². The number of benzene rings is 1. The number of rotatable bonds is 8. The van der Waals surface area contributed by atoms with Gasteiger partial charge in [-0.25, -0.2) is 9.59 Å². The molecule has 0 amide bonds. The van der Waals surface area contributed by atoms with E-state index < -0.39 is 24.1 Å². The number of carbonyl (C=O) groups is 2. The molecule has 0 aliphatic rings. The summed E-state index contributed by atoms with van der Waals surface area (Å²) in [5, 5.41) is 0.692. The second-order valence-corrected chi connectivity index (χ2v) is 7.10. The third kappa shape index (κ3) is 7.29. The fourth-order valence-corrected chi connectivity index (χ4v) is 2.26. The van der Waals surface area contributed by atoms with Crippen LogP contribution in [0.2, 0.25) is 10.0 Å². The summed E-state index contributed by atoms with van der Waals surface area (Å²) in [6.45, 7) is 3.58. The Labute approximate surface area is 167 Å². The molecule has 2 atom stereocenters. The average molecular weight is 419 g/mol. The minimum atomic E-state index is -0.769. The van der Waals surface area contributed by atoms with Crippen LogP contribution in [0.25, 0.3) is 0 Å². The molecule has 0 saturated carbocycles. The molecule has 0 bridgehead atoms. The predicted molar refractivity (Wildman–Crippen MR) is 105 cm³/mol. The molecule has 0 heterocycles. The highest BCUT2D eigenvalue weighted by atomic mass is 35.5. The van der Waals surface area contributed by atoms with Crippen LogP contribution >= 0.6 is 35.4 Å². The summed E-state index contributed by atoms with van der Waals surface area (Å²) in [6, 6.07) is 4.36. The SMILES string of the molecule is CC(C)C(N)C(OC(=O)/C=C/C(=O)OCC(N)=S)c1ccc(Cl)c(Cl)c1. The zero-order valence-electron chi connectivity index (χ0n) is 14.3. The van der Waals surface area contributed by atoms with Crippen LogP contribution in [-0.4, -0.2) is 29.6 Å². The molecule has 0 aromatic heterocycles. The summed E-state index contributed by atoms with van der Waals surface area (Å²) in [4.78, 5) is 23.5. The number of esters is 2. The zero-order valence-corrected chi connectivity index (χ0v) is 16.6. The van der Waals surface area contributed by atoms with E-state index in [-0.39, 0.29) is 17.5 Å². The lowest BCUT2D eigenvalue weighted by atomic mass is 9.94. The lowest BCUT2D eigenvalue weighted by molar-refractivity contribution is -0.145. The summed E-state index contributed by atoms with van der Waals surface area (Å²) < 4.78 is 10.1. The molecule has 0 radical (unpaired) electrons. The van der Waals surface area contributed by atoms with Crippen LogP contribution in [0.3, 0.4) is 0 Å². The van der Waals surface area contributed by atoms with Gasteiger partial charge in [-0.3, -0.25) is 0 Å². The topological polar surface area (TPSA) is 105 Å². The third-order valence-corrected chi connectivity index (χ3v) is 4.20. The number of carbonyl (C=O) groups excluding carboxylic acids is 2. The zero-order chi connectivity index (χ0) is 19.9. The van der Waals surface area contributed by atoms with Gasteiger partial charge < -0.3 is 20.9 Å². The van der Waals surface area contributed by atoms with Crippen molar-refractivity contribution in [3.8, 4) is 0 Å². The van der Waals surface area contributed by atoms with E-state index in [0.717, 1.165) is 12.2 Å². The molecule has 0 saturated heterocycles. The average Bonchev–Trinajstić information content (AvgIpc) is 2.57. The van der Waals surface area contributed by atoms with Crippen molar-refractivity contribution in [3.63, 3.8) is 0 Å². The molecule has 1 aromatic rings. The molecule has 2 unspecified atom stereocenters. The Morgan fingerprint density at radius 1 is 1.19 bits per heavy atom. The maximum Gasteiger partial charge on any atom is 0.331 e. The normalized spacial score (nSPS) is 13.5. The molecule has 0 spiro atoms. The highest BCUT2D eigenvalue weighted by Crippen LogP contribution is 2.30. The highest BCUT2D eigenvalue weighted by molar-refractivity contribution is 7.80. The van der Waals surface area contributed by atoms with Gasteiger partial charge in [0, 0.05) is 18.2 Å². The standard InChI is InChI=1S/C17H20Cl2N2O4S/c1-9(2)16(21)17(10-3-4-11(18)12(19)7-10)25-15(23)6-5-14(22)24-8-13(20)26/h3-7,9,16-17H,8,21H2,1-2H3,(H2,20,26)/b6-5+. The Morgan fingerprint density at radius 3 is 2.35 bits per heavy atom. The third-order valence-electron chi connectivity index (χ3n) is 3.35. The van der Waals surface area contributed by atoms with Crippen LogP contribution < -0.4 is 11.5 Å². The summed E-state index contributed by atoms with van der Waals surface area (Å²) in [5.41, 5.74) is 12.0. The van der Waals surface area contributed by atoms with Crippen LogP contribution in [0.4, 0.5) is 0 Å². The Kier molecular flexibility index (Phi) is 9.01. The van der Waals surface area contributed by atoms with E-state index >= 15 is 0 Å². The maximum atomic E-state index is 12.1. The summed E-state index contributed by atoms with van der Waals surface area (Å²) >= 11 is 16.5. The summed E-state index contributed by atoms with van der Waals surface area (Å²) in [5.74, 6) is -1.51. The largest absolute Gasteiger partial charge is 0.455 e. The van der Waals surface area contributed by atoms with Crippen LogP contribution in [0.5, 0.6) is 0 Å². The minimum absolute atomic E-state index is 0.0155. The Morgan fingerprint density at radius 2 is 1.81 bits per heavy atom. The smallest absolute Gasteiger partial charge is 0.331 e. The Hall–Kier alpha value is -1.67. The van der Waals surface area contributed by atoms with Crippen LogP contribution in [0.15, 0.2) is 30.4 Å². The number of thiocarbonyl (C=S) groups is 1. The van der Waals surface area contributed by atoms with Gasteiger partial charge in [0.25, 0.3) is 0 Å². The van der Waals surface area contributed by atoms with Crippen molar-refractivity contribution in [2.75, 3.05) is 6.61 Å². The minimum Gasteiger partial charge on any atom is -0.455 e. The van der Waals surface area contributed by atoms with Gasteiger partial charge in [0.05, 0.1) is 10.0 Å². The number of halogens is 2. The van der Waals surface area contributed by atoms with Crippen molar-refractivity contribution < 1.29 is 19.1 Å². The lowest BCUT2D eigenvalue weighted by Gasteiger charge is -2.27. The summed E-state index contributed by atoms with van der Waals surface area (Å²) in [6.07, 6.45) is 1.10. The first-order valence-electron chi connectivity index (χ1n) is 7.66. The quantitative estimate of drug-likeness (QED) is 0.379. The van der Waals surface area contributed by atoms with Crippen molar-refractivity contribution in [2.24, 2.45) is 17.4 Å². The second-order valence-electron chi connectivity index (χ2n) is 5.76. The summed E-state index contributed by atoms with van der Waals surface area (Å²) in [7, 11) is 0. The van der Waals surface area contributed by atoms with Crippen molar-refractivity contribution >= 4 is 52.3 Å². The molecule has 6 nitrogen and oxygen atoms in total. The molecule has 0 aliphatic carbocycles. The van der Waals surface area contributed by atoms with Gasteiger partial charge in [-0.05, 0) is 23.6 Å². The number of hydrogen-bond acceptors (Lipinski definition) is 6. The van der Waals surface area contributed by atoms with E-state index in [4.69, 9.17) is 44.1 Å². The molecule has 0 aliphatic heterocycles. The number of nitrogens with two attached hydrogens (primary N) is 2. The maximum absolute atomic E-state index is 12.1. The fraction of sp³-hybridized carbons (Fsp3) is 0.353. The van der Waals surface area contributed by atoms with Crippen molar-refractivity contribution in [3.05, 3.63) is 46.0 Å². The van der Waals surface area contributed by atoms with Gasteiger partial charge in [-0.2, -0.15) is 0 Å². The van der Waals surface area contributed by atoms with E-state index in [9.17, 15) is 9.59 Å². The Bertz CT molecular complexity index is 710. The molecule has 1 rings (SSSR count). The van der Waals surface area contributed by atoms with E-state index in [1.807, 2.05) is 13.8 Å². The number of ether oxygens (including phenoxy) is 2. The second kappa shape index (κ2) is 10.5. The van der Waals surface area contributed by atoms with E-state index in [1.54, 1.807) is 18.2 Å². The molecule has 142 valence electrons.